The third kappa shape index (κ3) is 50.9. The summed E-state index contributed by atoms with van der Waals surface area (Å²) < 4.78 is 16.8. The summed E-state index contributed by atoms with van der Waals surface area (Å²) in [5.74, 6) is -0.854. The lowest BCUT2D eigenvalue weighted by Gasteiger charge is -2.18. The van der Waals surface area contributed by atoms with Crippen molar-refractivity contribution in [3.63, 3.8) is 0 Å². The molecule has 376 valence electrons. The van der Waals surface area contributed by atoms with E-state index < -0.39 is 6.10 Å². The molecule has 1 atom stereocenters. The van der Waals surface area contributed by atoms with Gasteiger partial charge in [-0.15, -0.1) is 0 Å². The number of unbranched alkanes of at least 4 members (excludes halogenated alkanes) is 37. The van der Waals surface area contributed by atoms with Crippen molar-refractivity contribution in [3.05, 3.63) is 24.3 Å². The topological polar surface area (TPSA) is 78.9 Å². The zero-order chi connectivity index (χ0) is 46.5. The van der Waals surface area contributed by atoms with Crippen LogP contribution in [0.4, 0.5) is 0 Å². The average molecular weight is 901 g/mol. The highest BCUT2D eigenvalue weighted by Gasteiger charge is 2.19. The summed E-state index contributed by atoms with van der Waals surface area (Å²) in [6.45, 7) is 6.64. The van der Waals surface area contributed by atoms with E-state index in [1.165, 1.54) is 205 Å². The van der Waals surface area contributed by atoms with Crippen LogP contribution in [0.15, 0.2) is 24.3 Å². The molecule has 0 aliphatic heterocycles. The zero-order valence-corrected chi connectivity index (χ0v) is 43.1. The highest BCUT2D eigenvalue weighted by Crippen LogP contribution is 2.17. The van der Waals surface area contributed by atoms with Gasteiger partial charge in [0.05, 0.1) is 0 Å². The van der Waals surface area contributed by atoms with E-state index in [1.54, 1.807) is 0 Å². The molecule has 1 unspecified atom stereocenters. The highest BCUT2D eigenvalue weighted by atomic mass is 16.6. The van der Waals surface area contributed by atoms with Crippen LogP contribution in [0.1, 0.15) is 310 Å². The Kier molecular flexibility index (Phi) is 51.7. The van der Waals surface area contributed by atoms with Crippen molar-refractivity contribution in [1.82, 2.24) is 0 Å². The number of hydrogen-bond donors (Lipinski definition) is 0. The molecule has 0 saturated heterocycles. The Morgan fingerprint density at radius 2 is 0.562 bits per heavy atom. The maximum Gasteiger partial charge on any atom is 0.306 e. The van der Waals surface area contributed by atoms with E-state index in [1.807, 2.05) is 0 Å². The molecule has 0 aliphatic carbocycles. The molecule has 0 aliphatic rings. The minimum Gasteiger partial charge on any atom is -0.462 e. The van der Waals surface area contributed by atoms with E-state index >= 15 is 0 Å². The molecule has 0 heterocycles. The summed E-state index contributed by atoms with van der Waals surface area (Å²) in [5.41, 5.74) is 0. The van der Waals surface area contributed by atoms with Crippen LogP contribution in [0, 0.1) is 0 Å². The van der Waals surface area contributed by atoms with Crippen LogP contribution in [-0.2, 0) is 28.6 Å². The second-order valence-corrected chi connectivity index (χ2v) is 19.2. The normalized spacial score (nSPS) is 12.1. The molecule has 64 heavy (non-hydrogen) atoms. The van der Waals surface area contributed by atoms with Crippen LogP contribution in [-0.4, -0.2) is 37.2 Å². The van der Waals surface area contributed by atoms with Gasteiger partial charge in [0.25, 0.3) is 0 Å². The summed E-state index contributed by atoms with van der Waals surface area (Å²) >= 11 is 0. The molecule has 6 heteroatoms. The van der Waals surface area contributed by atoms with Crippen molar-refractivity contribution in [2.45, 2.75) is 316 Å². The van der Waals surface area contributed by atoms with Crippen LogP contribution in [0.3, 0.4) is 0 Å². The van der Waals surface area contributed by atoms with Gasteiger partial charge >= 0.3 is 17.9 Å². The first kappa shape index (κ1) is 61.9. The van der Waals surface area contributed by atoms with Gasteiger partial charge in [0.15, 0.2) is 6.10 Å². The van der Waals surface area contributed by atoms with Gasteiger partial charge in [-0.3, -0.25) is 14.4 Å². The highest BCUT2D eigenvalue weighted by molar-refractivity contribution is 5.71. The molecule has 0 N–H and O–H groups in total. The Balaban J connectivity index is 4.27. The Morgan fingerprint density at radius 1 is 0.312 bits per heavy atom. The Morgan fingerprint density at radius 3 is 0.891 bits per heavy atom. The monoisotopic (exact) mass is 901 g/mol. The van der Waals surface area contributed by atoms with Crippen molar-refractivity contribution in [2.75, 3.05) is 13.2 Å². The van der Waals surface area contributed by atoms with E-state index in [9.17, 15) is 14.4 Å². The van der Waals surface area contributed by atoms with Crippen molar-refractivity contribution in [3.8, 4) is 0 Å². The van der Waals surface area contributed by atoms with Crippen LogP contribution >= 0.6 is 0 Å². The third-order valence-electron chi connectivity index (χ3n) is 12.7. The van der Waals surface area contributed by atoms with E-state index in [4.69, 9.17) is 14.2 Å². The molecular weight excluding hydrogens is 793 g/mol. The minimum atomic E-state index is -0.766. The van der Waals surface area contributed by atoms with Gasteiger partial charge in [-0.1, -0.05) is 263 Å². The SMILES string of the molecule is CCCCC/C=C\C/C=C\CCCCCCCCCCCC(=O)OCC(COC(=O)CCCCCCCCCCCC)OC(=O)CCCCCCCCCCCCCCCCCCC. The fourth-order valence-corrected chi connectivity index (χ4v) is 8.42. The van der Waals surface area contributed by atoms with Crippen molar-refractivity contribution in [1.29, 1.82) is 0 Å². The van der Waals surface area contributed by atoms with Crippen LogP contribution in [0.2, 0.25) is 0 Å². The minimum absolute atomic E-state index is 0.0672. The van der Waals surface area contributed by atoms with Crippen LogP contribution < -0.4 is 0 Å². The third-order valence-corrected chi connectivity index (χ3v) is 12.7. The van der Waals surface area contributed by atoms with Crippen molar-refractivity contribution in [2.24, 2.45) is 0 Å². The van der Waals surface area contributed by atoms with Gasteiger partial charge in [-0.25, -0.2) is 0 Å². The lowest BCUT2D eigenvalue weighted by atomic mass is 10.0. The average Bonchev–Trinajstić information content (AvgIpc) is 3.29. The fraction of sp³-hybridized carbons (Fsp3) is 0.879. The number of carbonyl (C=O) groups is 3. The Labute approximate surface area is 398 Å². The Bertz CT molecular complexity index is 1040. The van der Waals surface area contributed by atoms with E-state index in [0.29, 0.717) is 19.3 Å². The first-order valence-electron chi connectivity index (χ1n) is 28.3. The number of carbonyl (C=O) groups excluding carboxylic acids is 3. The number of allylic oxidation sites excluding steroid dienone is 4. The van der Waals surface area contributed by atoms with E-state index in [0.717, 1.165) is 64.2 Å². The summed E-state index contributed by atoms with van der Waals surface area (Å²) in [7, 11) is 0. The van der Waals surface area contributed by atoms with Gasteiger partial charge in [0.1, 0.15) is 13.2 Å². The summed E-state index contributed by atoms with van der Waals surface area (Å²) in [4.78, 5) is 38.0. The zero-order valence-electron chi connectivity index (χ0n) is 43.1. The van der Waals surface area contributed by atoms with Crippen molar-refractivity contribution >= 4 is 17.9 Å². The maximum atomic E-state index is 12.8. The molecule has 6 nitrogen and oxygen atoms in total. The maximum absolute atomic E-state index is 12.8. The van der Waals surface area contributed by atoms with Gasteiger partial charge in [-0.2, -0.15) is 0 Å². The number of hydrogen-bond acceptors (Lipinski definition) is 6. The summed E-state index contributed by atoms with van der Waals surface area (Å²) in [6.07, 6.45) is 61.7. The first-order valence-corrected chi connectivity index (χ1v) is 28.3. The second-order valence-electron chi connectivity index (χ2n) is 19.2. The molecule has 0 aromatic carbocycles. The predicted molar refractivity (Wildman–Crippen MR) is 275 cm³/mol. The van der Waals surface area contributed by atoms with E-state index in [2.05, 4.69) is 45.1 Å². The molecule has 0 aromatic heterocycles. The first-order chi connectivity index (χ1) is 31.5. The number of ether oxygens (including phenoxy) is 3. The van der Waals surface area contributed by atoms with Crippen molar-refractivity contribution < 1.29 is 28.6 Å². The van der Waals surface area contributed by atoms with Gasteiger partial charge < -0.3 is 14.2 Å². The standard InChI is InChI=1S/C58H108O6/c1-4-7-10-13-16-19-22-24-26-28-29-31-32-34-36-39-42-45-48-51-57(60)63-54-55(53-62-56(59)50-47-44-41-38-21-18-15-12-9-6-3)64-58(61)52-49-46-43-40-37-35-33-30-27-25-23-20-17-14-11-8-5-2/h16,19,24,26,55H,4-15,17-18,20-23,25,27-54H2,1-3H3/b19-16-,26-24-. The van der Waals surface area contributed by atoms with Gasteiger partial charge in [0.2, 0.25) is 0 Å². The van der Waals surface area contributed by atoms with Gasteiger partial charge in [-0.05, 0) is 51.4 Å². The lowest BCUT2D eigenvalue weighted by Crippen LogP contribution is -2.30. The lowest BCUT2D eigenvalue weighted by molar-refractivity contribution is -0.167. The quantitative estimate of drug-likeness (QED) is 0.0262. The van der Waals surface area contributed by atoms with Crippen LogP contribution in [0.5, 0.6) is 0 Å². The largest absolute Gasteiger partial charge is 0.462 e. The molecule has 0 radical (unpaired) electrons. The molecule has 0 bridgehead atoms. The molecule has 0 rings (SSSR count). The number of esters is 3. The fourth-order valence-electron chi connectivity index (χ4n) is 8.42. The molecule has 0 aromatic rings. The van der Waals surface area contributed by atoms with E-state index in [-0.39, 0.29) is 31.1 Å². The molecule has 0 fully saturated rings. The smallest absolute Gasteiger partial charge is 0.306 e. The summed E-state index contributed by atoms with van der Waals surface area (Å²) in [5, 5.41) is 0. The summed E-state index contributed by atoms with van der Waals surface area (Å²) in [6, 6.07) is 0. The second kappa shape index (κ2) is 53.5. The Hall–Kier alpha value is -2.11. The molecule has 0 spiro atoms. The van der Waals surface area contributed by atoms with Gasteiger partial charge in [0, 0.05) is 19.3 Å². The predicted octanol–water partition coefficient (Wildman–Crippen LogP) is 18.7. The van der Waals surface area contributed by atoms with Crippen LogP contribution in [0.25, 0.3) is 0 Å². The molecule has 0 saturated carbocycles. The number of rotatable bonds is 52. The molecule has 0 amide bonds. The molecular formula is C58H108O6.